The summed E-state index contributed by atoms with van der Waals surface area (Å²) in [5, 5.41) is 0. The maximum absolute atomic E-state index is 12.2. The number of rotatable bonds is 6. The number of hydrogen-bond acceptors (Lipinski definition) is 2. The maximum atomic E-state index is 12.2. The number of hydrogen-bond donors (Lipinski definition) is 0. The Kier molecular flexibility index (Phi) is 3.95. The number of carbonyl (C=O) groups is 1. The number of Topliss-reactive ketones (excluding diaryl/α,β-unsaturated/α-hetero) is 1. The van der Waals surface area contributed by atoms with Crippen LogP contribution in [0.15, 0.2) is 24.3 Å². The van der Waals surface area contributed by atoms with E-state index in [1.54, 1.807) is 0 Å². The van der Waals surface area contributed by atoms with Crippen molar-refractivity contribution < 1.29 is 9.53 Å². The molecule has 1 saturated carbocycles. The van der Waals surface area contributed by atoms with E-state index in [2.05, 4.69) is 13.0 Å². The van der Waals surface area contributed by atoms with E-state index in [1.165, 1.54) is 5.56 Å². The molecule has 2 heteroatoms. The molecule has 1 atom stereocenters. The van der Waals surface area contributed by atoms with Crippen molar-refractivity contribution in [1.82, 2.24) is 0 Å². The Morgan fingerprint density at radius 2 is 2.12 bits per heavy atom. The van der Waals surface area contributed by atoms with E-state index >= 15 is 0 Å². The van der Waals surface area contributed by atoms with Crippen LogP contribution in [0.3, 0.4) is 0 Å². The lowest BCUT2D eigenvalue weighted by atomic mass is 9.99. The summed E-state index contributed by atoms with van der Waals surface area (Å²) in [6, 6.07) is 8.07. The molecule has 0 aliphatic heterocycles. The van der Waals surface area contributed by atoms with Crippen LogP contribution in [0, 0.1) is 12.8 Å². The Hall–Kier alpha value is -1.15. The van der Waals surface area contributed by atoms with Crippen molar-refractivity contribution in [3.63, 3.8) is 0 Å². The summed E-state index contributed by atoms with van der Waals surface area (Å²) in [5.41, 5.74) is 2.31. The van der Waals surface area contributed by atoms with Gasteiger partial charge in [0.25, 0.3) is 0 Å². The molecule has 0 heterocycles. The fraction of sp³-hybridized carbons (Fsp3) is 0.533. The third-order valence-electron chi connectivity index (χ3n) is 3.34. The van der Waals surface area contributed by atoms with Crippen LogP contribution in [0.25, 0.3) is 0 Å². The minimum atomic E-state index is -0.167. The highest BCUT2D eigenvalue weighted by molar-refractivity contribution is 5.86. The maximum Gasteiger partial charge on any atom is 0.166 e. The van der Waals surface area contributed by atoms with Gasteiger partial charge in [0.1, 0.15) is 6.10 Å². The van der Waals surface area contributed by atoms with Gasteiger partial charge in [-0.1, -0.05) is 24.3 Å². The Balaban J connectivity index is 2.02. The molecule has 0 radical (unpaired) electrons. The molecular formula is C15H20O2. The molecule has 1 unspecified atom stereocenters. The van der Waals surface area contributed by atoms with E-state index in [4.69, 9.17) is 4.74 Å². The van der Waals surface area contributed by atoms with E-state index < -0.39 is 0 Å². The number of carbonyl (C=O) groups excluding carboxylic acids is 1. The molecule has 2 rings (SSSR count). The summed E-state index contributed by atoms with van der Waals surface area (Å²) in [4.78, 5) is 12.2. The molecule has 17 heavy (non-hydrogen) atoms. The van der Waals surface area contributed by atoms with Crippen LogP contribution >= 0.6 is 0 Å². The molecule has 1 fully saturated rings. The van der Waals surface area contributed by atoms with Crippen LogP contribution < -0.4 is 0 Å². The summed E-state index contributed by atoms with van der Waals surface area (Å²) in [6.45, 7) is 4.63. The van der Waals surface area contributed by atoms with E-state index in [1.807, 2.05) is 25.1 Å². The van der Waals surface area contributed by atoms with Gasteiger partial charge in [0.15, 0.2) is 5.78 Å². The molecule has 1 aliphatic carbocycles. The first kappa shape index (κ1) is 12.3. The molecule has 0 aromatic heterocycles. The summed E-state index contributed by atoms with van der Waals surface area (Å²) in [5.74, 6) is 0.718. The second kappa shape index (κ2) is 5.46. The van der Waals surface area contributed by atoms with Crippen molar-refractivity contribution in [3.05, 3.63) is 35.4 Å². The predicted molar refractivity (Wildman–Crippen MR) is 68.0 cm³/mol. The third-order valence-corrected chi connectivity index (χ3v) is 3.34. The molecule has 92 valence electrons. The number of ether oxygens (including phenoxy) is 1. The summed E-state index contributed by atoms with van der Waals surface area (Å²) in [7, 11) is 0. The van der Waals surface area contributed by atoms with E-state index in [0.717, 1.165) is 18.4 Å². The molecule has 0 saturated heterocycles. The zero-order chi connectivity index (χ0) is 12.3. The van der Waals surface area contributed by atoms with Crippen molar-refractivity contribution in [3.8, 4) is 0 Å². The van der Waals surface area contributed by atoms with Gasteiger partial charge >= 0.3 is 0 Å². The topological polar surface area (TPSA) is 26.3 Å². The van der Waals surface area contributed by atoms with Gasteiger partial charge in [-0.25, -0.2) is 0 Å². The quantitative estimate of drug-likeness (QED) is 0.753. The fourth-order valence-electron chi connectivity index (χ4n) is 2.17. The highest BCUT2D eigenvalue weighted by Crippen LogP contribution is 2.35. The Labute approximate surface area is 103 Å². The van der Waals surface area contributed by atoms with Gasteiger partial charge in [-0.3, -0.25) is 4.79 Å². The molecule has 0 spiro atoms. The third kappa shape index (κ3) is 3.16. The van der Waals surface area contributed by atoms with Crippen LogP contribution in [-0.4, -0.2) is 18.5 Å². The van der Waals surface area contributed by atoms with Crippen LogP contribution in [0.2, 0.25) is 0 Å². The molecule has 1 aliphatic rings. The Bertz CT molecular complexity index is 394. The molecule has 2 nitrogen and oxygen atoms in total. The highest BCUT2D eigenvalue weighted by Gasteiger charge is 2.36. The minimum Gasteiger partial charge on any atom is -0.370 e. The largest absolute Gasteiger partial charge is 0.370 e. The lowest BCUT2D eigenvalue weighted by Gasteiger charge is -2.15. The smallest absolute Gasteiger partial charge is 0.166 e. The van der Waals surface area contributed by atoms with Crippen molar-refractivity contribution in [2.75, 3.05) is 6.61 Å². The molecule has 0 amide bonds. The molecule has 1 aromatic carbocycles. The van der Waals surface area contributed by atoms with Crippen molar-refractivity contribution >= 4 is 5.78 Å². The van der Waals surface area contributed by atoms with Gasteiger partial charge in [-0.05, 0) is 43.7 Å². The van der Waals surface area contributed by atoms with Gasteiger partial charge in [-0.15, -0.1) is 0 Å². The Morgan fingerprint density at radius 3 is 2.71 bits per heavy atom. The van der Waals surface area contributed by atoms with Gasteiger partial charge in [0.05, 0.1) is 0 Å². The molecule has 1 aromatic rings. The van der Waals surface area contributed by atoms with Gasteiger partial charge < -0.3 is 4.74 Å². The zero-order valence-electron chi connectivity index (χ0n) is 10.6. The van der Waals surface area contributed by atoms with Crippen LogP contribution in [0.4, 0.5) is 0 Å². The summed E-state index contributed by atoms with van der Waals surface area (Å²) >= 11 is 0. The number of ketones is 1. The van der Waals surface area contributed by atoms with Gasteiger partial charge in [0.2, 0.25) is 0 Å². The number of aryl methyl sites for hydroxylation is 1. The fourth-order valence-corrected chi connectivity index (χ4v) is 2.17. The zero-order valence-corrected chi connectivity index (χ0v) is 10.6. The van der Waals surface area contributed by atoms with Crippen molar-refractivity contribution in [1.29, 1.82) is 0 Å². The summed E-state index contributed by atoms with van der Waals surface area (Å²) in [6.07, 6.45) is 2.63. The van der Waals surface area contributed by atoms with Crippen LogP contribution in [0.5, 0.6) is 0 Å². The molecule has 0 N–H and O–H groups in total. The van der Waals surface area contributed by atoms with Crippen LogP contribution in [-0.2, 0) is 16.0 Å². The lowest BCUT2D eigenvalue weighted by molar-refractivity contribution is -0.130. The second-order valence-corrected chi connectivity index (χ2v) is 4.78. The first-order valence-electron chi connectivity index (χ1n) is 6.41. The average Bonchev–Trinajstić information content (AvgIpc) is 3.13. The Morgan fingerprint density at radius 1 is 1.41 bits per heavy atom. The van der Waals surface area contributed by atoms with E-state index in [9.17, 15) is 4.79 Å². The van der Waals surface area contributed by atoms with Crippen LogP contribution in [0.1, 0.15) is 30.9 Å². The molecule has 0 bridgehead atoms. The SMILES string of the molecule is CCOC(C(=O)Cc1ccccc1C)C1CC1. The number of benzene rings is 1. The normalized spacial score (nSPS) is 16.8. The predicted octanol–water partition coefficient (Wildman–Crippen LogP) is 2.92. The average molecular weight is 232 g/mol. The van der Waals surface area contributed by atoms with Crippen molar-refractivity contribution in [2.45, 2.75) is 39.2 Å². The summed E-state index contributed by atoms with van der Waals surface area (Å²) < 4.78 is 5.59. The molecular weight excluding hydrogens is 212 g/mol. The monoisotopic (exact) mass is 232 g/mol. The standard InChI is InChI=1S/C15H20O2/c1-3-17-15(12-8-9-12)14(16)10-13-7-5-4-6-11(13)2/h4-7,12,15H,3,8-10H2,1-2H3. The van der Waals surface area contributed by atoms with Gasteiger partial charge in [0, 0.05) is 13.0 Å². The lowest BCUT2D eigenvalue weighted by Crippen LogP contribution is -2.28. The first-order chi connectivity index (χ1) is 8.22. The highest BCUT2D eigenvalue weighted by atomic mass is 16.5. The van der Waals surface area contributed by atoms with Gasteiger partial charge in [-0.2, -0.15) is 0 Å². The van der Waals surface area contributed by atoms with E-state index in [-0.39, 0.29) is 11.9 Å². The van der Waals surface area contributed by atoms with Crippen molar-refractivity contribution in [2.24, 2.45) is 5.92 Å². The first-order valence-corrected chi connectivity index (χ1v) is 6.41. The second-order valence-electron chi connectivity index (χ2n) is 4.78. The minimum absolute atomic E-state index is 0.167. The van der Waals surface area contributed by atoms with E-state index in [0.29, 0.717) is 18.9 Å².